The fraction of sp³-hybridized carbons (Fsp3) is 0.556. The molecule has 21 heavy (non-hydrogen) atoms. The van der Waals surface area contributed by atoms with Crippen molar-refractivity contribution in [3.63, 3.8) is 0 Å². The van der Waals surface area contributed by atoms with Gasteiger partial charge >= 0.3 is 0 Å². The summed E-state index contributed by atoms with van der Waals surface area (Å²) in [6.07, 6.45) is 8.18. The van der Waals surface area contributed by atoms with Crippen LogP contribution in [0.4, 0.5) is 0 Å². The molecule has 0 atom stereocenters. The predicted molar refractivity (Wildman–Crippen MR) is 87.7 cm³/mol. The highest BCUT2D eigenvalue weighted by Gasteiger charge is 2.14. The maximum Gasteiger partial charge on any atom is 0.271 e. The quantitative estimate of drug-likeness (QED) is 0.654. The van der Waals surface area contributed by atoms with Crippen LogP contribution in [-0.4, -0.2) is 12.1 Å². The molecule has 1 N–H and O–H groups in total. The molecule has 1 aliphatic carbocycles. The molecular weight excluding hydrogens is 260 g/mol. The number of rotatable bonds is 3. The van der Waals surface area contributed by atoms with Crippen LogP contribution in [0, 0.1) is 5.92 Å². The number of hydrogen-bond acceptors (Lipinski definition) is 2. The number of nitrogens with zero attached hydrogens (tertiary/aromatic N) is 1. The van der Waals surface area contributed by atoms with E-state index in [1.165, 1.54) is 37.7 Å². The van der Waals surface area contributed by atoms with E-state index < -0.39 is 0 Å². The SMILES string of the molecule is CC(C)(C)c1ccc(C(=O)N/N=C/C2CCCCC2)cc1. The van der Waals surface area contributed by atoms with E-state index in [1.54, 1.807) is 0 Å². The van der Waals surface area contributed by atoms with Crippen molar-refractivity contribution in [3.8, 4) is 0 Å². The van der Waals surface area contributed by atoms with E-state index in [2.05, 4.69) is 31.3 Å². The average molecular weight is 286 g/mol. The predicted octanol–water partition coefficient (Wildman–Crippen LogP) is 4.28. The van der Waals surface area contributed by atoms with Crippen molar-refractivity contribution in [2.24, 2.45) is 11.0 Å². The Bertz CT molecular complexity index is 491. The van der Waals surface area contributed by atoms with Crippen LogP contribution in [-0.2, 0) is 5.41 Å². The molecule has 0 aliphatic heterocycles. The van der Waals surface area contributed by atoms with Crippen molar-refractivity contribution >= 4 is 12.1 Å². The van der Waals surface area contributed by atoms with E-state index in [4.69, 9.17) is 0 Å². The highest BCUT2D eigenvalue weighted by atomic mass is 16.2. The van der Waals surface area contributed by atoms with Crippen LogP contribution in [0.15, 0.2) is 29.4 Å². The minimum absolute atomic E-state index is 0.105. The maximum absolute atomic E-state index is 12.0. The Morgan fingerprint density at radius 2 is 1.76 bits per heavy atom. The van der Waals surface area contributed by atoms with E-state index in [0.717, 1.165) is 0 Å². The van der Waals surface area contributed by atoms with Gasteiger partial charge in [0.1, 0.15) is 0 Å². The van der Waals surface area contributed by atoms with Crippen LogP contribution in [0.25, 0.3) is 0 Å². The molecule has 0 bridgehead atoms. The summed E-state index contributed by atoms with van der Waals surface area (Å²) in [5.74, 6) is 0.393. The van der Waals surface area contributed by atoms with Crippen LogP contribution in [0.5, 0.6) is 0 Å². The van der Waals surface area contributed by atoms with Crippen molar-refractivity contribution in [1.29, 1.82) is 0 Å². The van der Waals surface area contributed by atoms with E-state index in [9.17, 15) is 4.79 Å². The second kappa shape index (κ2) is 6.88. The first-order chi connectivity index (χ1) is 9.97. The zero-order valence-electron chi connectivity index (χ0n) is 13.4. The summed E-state index contributed by atoms with van der Waals surface area (Å²) in [6.45, 7) is 6.49. The molecule has 114 valence electrons. The van der Waals surface area contributed by atoms with Crippen molar-refractivity contribution in [2.75, 3.05) is 0 Å². The van der Waals surface area contributed by atoms with Crippen LogP contribution in [0.2, 0.25) is 0 Å². The standard InChI is InChI=1S/C18H26N2O/c1-18(2,3)16-11-9-15(10-12-16)17(21)20-19-13-14-7-5-4-6-8-14/h9-14H,4-8H2,1-3H3,(H,20,21)/b19-13+. The molecule has 0 spiro atoms. The van der Waals surface area contributed by atoms with Crippen LogP contribution >= 0.6 is 0 Å². The van der Waals surface area contributed by atoms with Gasteiger partial charge in [-0.25, -0.2) is 5.43 Å². The third-order valence-corrected chi connectivity index (χ3v) is 4.11. The summed E-state index contributed by atoms with van der Waals surface area (Å²) < 4.78 is 0. The number of amides is 1. The normalized spacial score (nSPS) is 17.1. The molecule has 0 saturated heterocycles. The average Bonchev–Trinajstić information content (AvgIpc) is 2.47. The highest BCUT2D eigenvalue weighted by molar-refractivity contribution is 5.94. The molecule has 3 nitrogen and oxygen atoms in total. The molecular formula is C18H26N2O. The summed E-state index contributed by atoms with van der Waals surface area (Å²) in [5.41, 5.74) is 4.62. The molecule has 2 rings (SSSR count). The molecule has 1 aliphatic rings. The van der Waals surface area contributed by atoms with Crippen LogP contribution in [0.3, 0.4) is 0 Å². The lowest BCUT2D eigenvalue weighted by molar-refractivity contribution is 0.0955. The number of hydrogen-bond donors (Lipinski definition) is 1. The molecule has 0 aromatic heterocycles. The van der Waals surface area contributed by atoms with Crippen LogP contribution in [0.1, 0.15) is 68.8 Å². The first-order valence-corrected chi connectivity index (χ1v) is 7.91. The number of carbonyl (C=O) groups excluding carboxylic acids is 1. The monoisotopic (exact) mass is 286 g/mol. The Kier molecular flexibility index (Phi) is 5.16. The van der Waals surface area contributed by atoms with E-state index in [-0.39, 0.29) is 11.3 Å². The second-order valence-electron chi connectivity index (χ2n) is 6.94. The van der Waals surface area contributed by atoms with Gasteiger partial charge in [0.2, 0.25) is 0 Å². The number of benzene rings is 1. The molecule has 3 heteroatoms. The lowest BCUT2D eigenvalue weighted by Crippen LogP contribution is -2.19. The topological polar surface area (TPSA) is 41.5 Å². The van der Waals surface area contributed by atoms with Gasteiger partial charge in [-0.15, -0.1) is 0 Å². The zero-order chi connectivity index (χ0) is 15.3. The lowest BCUT2D eigenvalue weighted by atomic mass is 9.87. The number of carbonyl (C=O) groups is 1. The zero-order valence-corrected chi connectivity index (χ0v) is 13.4. The van der Waals surface area contributed by atoms with Gasteiger partial charge < -0.3 is 0 Å². The smallest absolute Gasteiger partial charge is 0.267 e. The van der Waals surface area contributed by atoms with Crippen molar-refractivity contribution in [2.45, 2.75) is 58.3 Å². The lowest BCUT2D eigenvalue weighted by Gasteiger charge is -2.19. The Balaban J connectivity index is 1.89. The van der Waals surface area contributed by atoms with Gasteiger partial charge in [-0.2, -0.15) is 5.10 Å². The molecule has 1 aromatic rings. The Hall–Kier alpha value is -1.64. The largest absolute Gasteiger partial charge is 0.271 e. The fourth-order valence-corrected chi connectivity index (χ4v) is 2.67. The third kappa shape index (κ3) is 4.69. The van der Waals surface area contributed by atoms with Crippen molar-refractivity contribution in [3.05, 3.63) is 35.4 Å². The fourth-order valence-electron chi connectivity index (χ4n) is 2.67. The molecule has 0 radical (unpaired) electrons. The summed E-state index contributed by atoms with van der Waals surface area (Å²) in [4.78, 5) is 12.0. The maximum atomic E-state index is 12.0. The molecule has 1 fully saturated rings. The van der Waals surface area contributed by atoms with E-state index >= 15 is 0 Å². The Labute approximate surface area is 127 Å². The van der Waals surface area contributed by atoms with Gasteiger partial charge in [-0.1, -0.05) is 52.2 Å². The molecule has 1 aromatic carbocycles. The van der Waals surface area contributed by atoms with Gasteiger partial charge in [0.25, 0.3) is 5.91 Å². The first-order valence-electron chi connectivity index (χ1n) is 7.91. The number of hydrazone groups is 1. The van der Waals surface area contributed by atoms with Gasteiger partial charge in [0.05, 0.1) is 0 Å². The van der Waals surface area contributed by atoms with E-state index in [0.29, 0.717) is 11.5 Å². The van der Waals surface area contributed by atoms with E-state index in [1.807, 2.05) is 30.5 Å². The van der Waals surface area contributed by atoms with Crippen molar-refractivity contribution < 1.29 is 4.79 Å². The van der Waals surface area contributed by atoms with Crippen LogP contribution < -0.4 is 5.43 Å². The Morgan fingerprint density at radius 3 is 2.33 bits per heavy atom. The third-order valence-electron chi connectivity index (χ3n) is 4.11. The van der Waals surface area contributed by atoms with Gasteiger partial charge in [0.15, 0.2) is 0 Å². The minimum Gasteiger partial charge on any atom is -0.267 e. The Morgan fingerprint density at radius 1 is 1.14 bits per heavy atom. The minimum atomic E-state index is -0.137. The summed E-state index contributed by atoms with van der Waals surface area (Å²) in [6, 6.07) is 7.76. The molecule has 0 heterocycles. The summed E-state index contributed by atoms with van der Waals surface area (Å²) in [5, 5.41) is 4.12. The first kappa shape index (κ1) is 15.7. The summed E-state index contributed by atoms with van der Waals surface area (Å²) >= 11 is 0. The second-order valence-corrected chi connectivity index (χ2v) is 6.94. The molecule has 0 unspecified atom stereocenters. The number of nitrogens with one attached hydrogen (secondary N) is 1. The van der Waals surface area contributed by atoms with Crippen molar-refractivity contribution in [1.82, 2.24) is 5.43 Å². The molecule has 1 saturated carbocycles. The summed E-state index contributed by atoms with van der Waals surface area (Å²) in [7, 11) is 0. The van der Waals surface area contributed by atoms with Gasteiger partial charge in [0, 0.05) is 11.8 Å². The van der Waals surface area contributed by atoms with Gasteiger partial charge in [-0.05, 0) is 41.9 Å². The molecule has 1 amide bonds. The highest BCUT2D eigenvalue weighted by Crippen LogP contribution is 2.22. The van der Waals surface area contributed by atoms with Gasteiger partial charge in [-0.3, -0.25) is 4.79 Å².